The Morgan fingerprint density at radius 2 is 1.58 bits per heavy atom. The summed E-state index contributed by atoms with van der Waals surface area (Å²) in [5, 5.41) is 0. The van der Waals surface area contributed by atoms with Gasteiger partial charge in [-0.1, -0.05) is 104 Å². The van der Waals surface area contributed by atoms with Crippen LogP contribution < -0.4 is 0 Å². The van der Waals surface area contributed by atoms with Crippen LogP contribution in [-0.4, -0.2) is 0 Å². The largest absolute Gasteiger partial charge is 0.0724 e. The molecule has 0 aromatic heterocycles. The summed E-state index contributed by atoms with van der Waals surface area (Å²) in [6.07, 6.45) is 11.8. The molecule has 0 heteroatoms. The lowest BCUT2D eigenvalue weighted by molar-refractivity contribution is 0.789. The van der Waals surface area contributed by atoms with E-state index in [1.54, 1.807) is 0 Å². The molecule has 0 bridgehead atoms. The Hall–Kier alpha value is -2.60. The normalized spacial score (nSPS) is 19.3. The molecule has 0 fully saturated rings. The summed E-state index contributed by atoms with van der Waals surface area (Å²) in [6, 6.07) is 21.7. The molecular weight excluding hydrogens is 312 g/mol. The monoisotopic (exact) mass is 338 g/mol. The van der Waals surface area contributed by atoms with Gasteiger partial charge in [-0.2, -0.15) is 0 Å². The van der Waals surface area contributed by atoms with Gasteiger partial charge in [0.25, 0.3) is 0 Å². The van der Waals surface area contributed by atoms with E-state index in [0.717, 1.165) is 12.8 Å². The second-order valence-corrected chi connectivity index (χ2v) is 7.67. The molecule has 2 aromatic carbocycles. The molecule has 2 aromatic rings. The molecule has 0 amide bonds. The minimum Gasteiger partial charge on any atom is -0.0724 e. The van der Waals surface area contributed by atoms with E-state index in [-0.39, 0.29) is 0 Å². The summed E-state index contributed by atoms with van der Waals surface area (Å²) in [5.74, 6) is 0.902. The van der Waals surface area contributed by atoms with E-state index in [9.17, 15) is 0 Å². The van der Waals surface area contributed by atoms with Gasteiger partial charge in [0.1, 0.15) is 0 Å². The van der Waals surface area contributed by atoms with E-state index in [1.807, 2.05) is 0 Å². The first-order chi connectivity index (χ1) is 12.7. The molecular formula is C26H26. The molecule has 0 aliphatic heterocycles. The van der Waals surface area contributed by atoms with Gasteiger partial charge in [-0.25, -0.2) is 0 Å². The van der Waals surface area contributed by atoms with Crippen LogP contribution in [0.1, 0.15) is 37.3 Å². The fraction of sp³-hybridized carbons (Fsp3) is 0.231. The second kappa shape index (κ2) is 7.33. The number of hydrogen-bond donors (Lipinski definition) is 0. The molecule has 2 aliphatic carbocycles. The van der Waals surface area contributed by atoms with Crippen molar-refractivity contribution in [3.63, 3.8) is 0 Å². The third-order valence-electron chi connectivity index (χ3n) is 5.40. The van der Waals surface area contributed by atoms with Crippen molar-refractivity contribution < 1.29 is 0 Å². The molecule has 1 unspecified atom stereocenters. The van der Waals surface area contributed by atoms with Crippen LogP contribution in [0.25, 0.3) is 0 Å². The van der Waals surface area contributed by atoms with E-state index in [1.165, 1.54) is 33.4 Å². The van der Waals surface area contributed by atoms with Crippen LogP contribution in [0, 0.1) is 5.92 Å². The maximum absolute atomic E-state index is 2.46. The van der Waals surface area contributed by atoms with Gasteiger partial charge in [0.15, 0.2) is 0 Å². The van der Waals surface area contributed by atoms with Crippen molar-refractivity contribution in [2.45, 2.75) is 32.6 Å². The lowest BCUT2D eigenvalue weighted by Gasteiger charge is -2.14. The molecule has 0 saturated heterocycles. The minimum atomic E-state index is 0.354. The fourth-order valence-electron chi connectivity index (χ4n) is 3.98. The highest BCUT2D eigenvalue weighted by molar-refractivity contribution is 5.56. The van der Waals surface area contributed by atoms with E-state index in [4.69, 9.17) is 0 Å². The Balaban J connectivity index is 1.70. The molecule has 26 heavy (non-hydrogen) atoms. The van der Waals surface area contributed by atoms with Crippen LogP contribution in [0.4, 0.5) is 0 Å². The van der Waals surface area contributed by atoms with E-state index >= 15 is 0 Å². The average Bonchev–Trinajstić information content (AvgIpc) is 2.95. The SMILES string of the molecule is CC(C)C1=CC2=C(C=C(Cc3ccccc3)C2)C(c2ccccc2)C=C1. The molecule has 0 heterocycles. The standard InChI is InChI=1S/C26H26/c1-19(2)23-13-14-25(22-11-7-4-8-12-22)26-17-21(16-24(26)18-23)15-20-9-5-3-6-10-20/h3-14,17-19,25H,15-16H2,1-2H3. The summed E-state index contributed by atoms with van der Waals surface area (Å²) < 4.78 is 0. The maximum atomic E-state index is 2.46. The Labute approximate surface area is 157 Å². The lowest BCUT2D eigenvalue weighted by atomic mass is 9.90. The van der Waals surface area contributed by atoms with E-state index < -0.39 is 0 Å². The third kappa shape index (κ3) is 3.51. The first-order valence-corrected chi connectivity index (χ1v) is 9.62. The first-order valence-electron chi connectivity index (χ1n) is 9.62. The van der Waals surface area contributed by atoms with Crippen molar-refractivity contribution >= 4 is 0 Å². The number of allylic oxidation sites excluding steroid dienone is 8. The van der Waals surface area contributed by atoms with Crippen LogP contribution in [0.3, 0.4) is 0 Å². The summed E-state index contributed by atoms with van der Waals surface area (Å²) >= 11 is 0. The smallest absolute Gasteiger partial charge is 0.0275 e. The Morgan fingerprint density at radius 1 is 0.885 bits per heavy atom. The summed E-state index contributed by atoms with van der Waals surface area (Å²) in [7, 11) is 0. The van der Waals surface area contributed by atoms with Crippen molar-refractivity contribution in [2.75, 3.05) is 0 Å². The van der Waals surface area contributed by atoms with Gasteiger partial charge in [0, 0.05) is 5.92 Å². The van der Waals surface area contributed by atoms with Crippen molar-refractivity contribution in [1.82, 2.24) is 0 Å². The molecule has 0 saturated carbocycles. The molecule has 1 atom stereocenters. The lowest BCUT2D eigenvalue weighted by Crippen LogP contribution is -1.97. The zero-order valence-electron chi connectivity index (χ0n) is 15.7. The van der Waals surface area contributed by atoms with Gasteiger partial charge in [0.05, 0.1) is 0 Å². The quantitative estimate of drug-likeness (QED) is 0.575. The zero-order chi connectivity index (χ0) is 17.9. The van der Waals surface area contributed by atoms with Gasteiger partial charge in [-0.05, 0) is 46.6 Å². The highest BCUT2D eigenvalue weighted by Crippen LogP contribution is 2.41. The van der Waals surface area contributed by atoms with Gasteiger partial charge in [-0.3, -0.25) is 0 Å². The molecule has 4 rings (SSSR count). The van der Waals surface area contributed by atoms with Crippen LogP contribution in [0.2, 0.25) is 0 Å². The Bertz CT molecular complexity index is 890. The van der Waals surface area contributed by atoms with Gasteiger partial charge >= 0.3 is 0 Å². The highest BCUT2D eigenvalue weighted by atomic mass is 14.3. The van der Waals surface area contributed by atoms with Crippen LogP contribution in [0.5, 0.6) is 0 Å². The van der Waals surface area contributed by atoms with Crippen LogP contribution in [-0.2, 0) is 6.42 Å². The molecule has 2 aliphatic rings. The third-order valence-corrected chi connectivity index (χ3v) is 5.40. The summed E-state index contributed by atoms with van der Waals surface area (Å²) in [4.78, 5) is 0. The summed E-state index contributed by atoms with van der Waals surface area (Å²) in [5.41, 5.74) is 8.72. The molecule has 0 N–H and O–H groups in total. The number of rotatable bonds is 4. The van der Waals surface area contributed by atoms with Crippen molar-refractivity contribution in [2.24, 2.45) is 5.92 Å². The first kappa shape index (κ1) is 16.8. The van der Waals surface area contributed by atoms with Gasteiger partial charge in [0.2, 0.25) is 0 Å². The zero-order valence-corrected chi connectivity index (χ0v) is 15.7. The van der Waals surface area contributed by atoms with Crippen molar-refractivity contribution in [3.8, 4) is 0 Å². The van der Waals surface area contributed by atoms with Crippen LogP contribution >= 0.6 is 0 Å². The summed E-state index contributed by atoms with van der Waals surface area (Å²) in [6.45, 7) is 4.57. The molecule has 130 valence electrons. The second-order valence-electron chi connectivity index (χ2n) is 7.67. The fourth-order valence-corrected chi connectivity index (χ4v) is 3.98. The predicted octanol–water partition coefficient (Wildman–Crippen LogP) is 6.79. The molecule has 0 radical (unpaired) electrons. The highest BCUT2D eigenvalue weighted by Gasteiger charge is 2.24. The number of benzene rings is 2. The Morgan fingerprint density at radius 3 is 2.27 bits per heavy atom. The maximum Gasteiger partial charge on any atom is 0.0275 e. The minimum absolute atomic E-state index is 0.354. The van der Waals surface area contributed by atoms with Gasteiger partial charge in [-0.15, -0.1) is 0 Å². The average molecular weight is 338 g/mol. The van der Waals surface area contributed by atoms with Gasteiger partial charge < -0.3 is 0 Å². The molecule has 0 nitrogen and oxygen atoms in total. The molecule has 0 spiro atoms. The van der Waals surface area contributed by atoms with Crippen LogP contribution in [0.15, 0.2) is 107 Å². The predicted molar refractivity (Wildman–Crippen MR) is 111 cm³/mol. The van der Waals surface area contributed by atoms with E-state index in [0.29, 0.717) is 11.8 Å². The number of hydrogen-bond acceptors (Lipinski definition) is 0. The van der Waals surface area contributed by atoms with E-state index in [2.05, 4.69) is 98.8 Å². The van der Waals surface area contributed by atoms with Crippen molar-refractivity contribution in [3.05, 3.63) is 118 Å². The topological polar surface area (TPSA) is 0 Å². The Kier molecular flexibility index (Phi) is 4.75. The van der Waals surface area contributed by atoms with Crippen molar-refractivity contribution in [1.29, 1.82) is 0 Å².